The molecule has 0 aliphatic heterocycles. The van der Waals surface area contributed by atoms with Crippen LogP contribution in [0.3, 0.4) is 0 Å². The predicted molar refractivity (Wildman–Crippen MR) is 161 cm³/mol. The third-order valence-electron chi connectivity index (χ3n) is 6.22. The molecule has 0 aromatic carbocycles. The van der Waals surface area contributed by atoms with Gasteiger partial charge in [-0.15, -0.1) is 0 Å². The number of ether oxygens (including phenoxy) is 1. The minimum atomic E-state index is -1.33. The average molecular weight is 604 g/mol. The van der Waals surface area contributed by atoms with Crippen LogP contribution >= 0.6 is 11.8 Å². The molecule has 12 heteroatoms. The Bertz CT molecular complexity index is 884. The number of hydrogen-bond donors (Lipinski definition) is 5. The molecule has 0 aromatic rings. The van der Waals surface area contributed by atoms with E-state index in [9.17, 15) is 34.2 Å². The fourth-order valence-electron chi connectivity index (χ4n) is 3.34. The lowest BCUT2D eigenvalue weighted by Crippen LogP contribution is -2.49. The number of hydrogen-bond acceptors (Lipinski definition) is 7. The van der Waals surface area contributed by atoms with Crippen LogP contribution in [0, 0.1) is 16.7 Å². The highest BCUT2D eigenvalue weighted by Gasteiger charge is 2.34. The average Bonchev–Trinajstić information content (AvgIpc) is 2.82. The number of rotatable bonds is 20. The van der Waals surface area contributed by atoms with Gasteiger partial charge < -0.3 is 30.9 Å². The van der Waals surface area contributed by atoms with Crippen LogP contribution in [-0.4, -0.2) is 82.2 Å². The van der Waals surface area contributed by atoms with Gasteiger partial charge in [0.2, 0.25) is 17.7 Å². The second-order valence-corrected chi connectivity index (χ2v) is 14.5. The molecule has 0 saturated carbocycles. The number of carboxylic acids is 2. The molecular formula is C29H53N3O8S. The summed E-state index contributed by atoms with van der Waals surface area (Å²) in [4.78, 5) is 60.6. The van der Waals surface area contributed by atoms with Crippen molar-refractivity contribution in [2.24, 2.45) is 16.7 Å². The first-order valence-corrected chi connectivity index (χ1v) is 15.3. The van der Waals surface area contributed by atoms with Crippen LogP contribution in [0.15, 0.2) is 0 Å². The Kier molecular flexibility index (Phi) is 16.6. The van der Waals surface area contributed by atoms with Crippen molar-refractivity contribution in [3.63, 3.8) is 0 Å². The molecular weight excluding hydrogens is 550 g/mol. The van der Waals surface area contributed by atoms with Crippen molar-refractivity contribution in [1.29, 1.82) is 0 Å². The first-order valence-electron chi connectivity index (χ1n) is 14.2. The second kappa shape index (κ2) is 17.6. The molecule has 0 bridgehead atoms. The molecule has 0 spiro atoms. The van der Waals surface area contributed by atoms with Crippen LogP contribution in [0.5, 0.6) is 0 Å². The maximum Gasteiger partial charge on any atom is 0.327 e. The van der Waals surface area contributed by atoms with Crippen LogP contribution in [-0.2, 0) is 28.7 Å². The number of nitrogens with one attached hydrogen (secondary N) is 3. The van der Waals surface area contributed by atoms with Gasteiger partial charge in [-0.05, 0) is 64.0 Å². The summed E-state index contributed by atoms with van der Waals surface area (Å²) in [5, 5.41) is 26.8. The zero-order chi connectivity index (χ0) is 32.0. The summed E-state index contributed by atoms with van der Waals surface area (Å²) < 4.78 is 5.98. The summed E-state index contributed by atoms with van der Waals surface area (Å²) >= 11 is 1.42. The van der Waals surface area contributed by atoms with E-state index in [0.29, 0.717) is 25.3 Å². The Morgan fingerprint density at radius 3 is 1.88 bits per heavy atom. The molecule has 2 atom stereocenters. The molecule has 0 fully saturated rings. The highest BCUT2D eigenvalue weighted by molar-refractivity contribution is 7.99. The monoisotopic (exact) mass is 603 g/mol. The van der Waals surface area contributed by atoms with Crippen LogP contribution in [0.1, 0.15) is 94.4 Å². The standard InChI is InChI=1S/C29H53N3O8S/c1-19(2)16-41-17-21(25(37)38)31-23(34)11-10-20(24(35)36)32-26(39)28(6,7)18-40-29(8,9)14-15-30-22(33)12-13-27(3,4)5/h19-21H,10-18H2,1-9H3,(H,30,33)(H,31,34)(H,32,39)(H,35,36)(H,37,38)/t20-,21-/m0/s1. The number of aliphatic carboxylic acids is 2. The molecule has 0 heterocycles. The van der Waals surface area contributed by atoms with E-state index in [1.165, 1.54) is 11.8 Å². The molecule has 238 valence electrons. The van der Waals surface area contributed by atoms with Crippen LogP contribution in [0.25, 0.3) is 0 Å². The Labute approximate surface area is 249 Å². The molecule has 0 rings (SSSR count). The molecule has 5 N–H and O–H groups in total. The number of thioether (sulfide) groups is 1. The van der Waals surface area contributed by atoms with Crippen molar-refractivity contribution in [3.8, 4) is 0 Å². The van der Waals surface area contributed by atoms with E-state index in [0.717, 1.165) is 12.2 Å². The number of carboxylic acid groups (broad SMARTS) is 2. The first-order chi connectivity index (χ1) is 18.6. The highest BCUT2D eigenvalue weighted by atomic mass is 32.2. The van der Waals surface area contributed by atoms with E-state index >= 15 is 0 Å². The minimum Gasteiger partial charge on any atom is -0.480 e. The normalized spacial score (nSPS) is 13.8. The molecule has 0 saturated heterocycles. The van der Waals surface area contributed by atoms with Crippen molar-refractivity contribution >= 4 is 41.4 Å². The number of amides is 3. The van der Waals surface area contributed by atoms with E-state index in [4.69, 9.17) is 4.74 Å². The van der Waals surface area contributed by atoms with Gasteiger partial charge in [-0.1, -0.05) is 34.6 Å². The molecule has 41 heavy (non-hydrogen) atoms. The smallest absolute Gasteiger partial charge is 0.327 e. The molecule has 0 aliphatic rings. The minimum absolute atomic E-state index is 0.00493. The largest absolute Gasteiger partial charge is 0.480 e. The van der Waals surface area contributed by atoms with Crippen LogP contribution in [0.2, 0.25) is 0 Å². The van der Waals surface area contributed by atoms with Crippen molar-refractivity contribution < 1.29 is 38.9 Å². The van der Waals surface area contributed by atoms with Crippen LogP contribution < -0.4 is 16.0 Å². The quantitative estimate of drug-likeness (QED) is 0.140. The van der Waals surface area contributed by atoms with Crippen molar-refractivity contribution in [2.75, 3.05) is 24.7 Å². The van der Waals surface area contributed by atoms with Gasteiger partial charge in [0, 0.05) is 25.1 Å². The Morgan fingerprint density at radius 1 is 0.780 bits per heavy atom. The molecule has 3 amide bonds. The molecule has 0 radical (unpaired) electrons. The maximum absolute atomic E-state index is 12.9. The van der Waals surface area contributed by atoms with Gasteiger partial charge in [-0.3, -0.25) is 14.4 Å². The summed E-state index contributed by atoms with van der Waals surface area (Å²) in [7, 11) is 0. The van der Waals surface area contributed by atoms with Crippen molar-refractivity contribution in [2.45, 2.75) is 112 Å². The summed E-state index contributed by atoms with van der Waals surface area (Å²) in [5.74, 6) is -2.31. The second-order valence-electron chi connectivity index (χ2n) is 13.4. The number of carbonyl (C=O) groups excluding carboxylic acids is 3. The third-order valence-corrected chi connectivity index (χ3v) is 7.69. The number of carbonyl (C=O) groups is 5. The topological polar surface area (TPSA) is 171 Å². The Balaban J connectivity index is 4.81. The lowest BCUT2D eigenvalue weighted by Gasteiger charge is -2.32. The summed E-state index contributed by atoms with van der Waals surface area (Å²) in [6.45, 7) is 17.6. The zero-order valence-electron chi connectivity index (χ0n) is 26.3. The van der Waals surface area contributed by atoms with Gasteiger partial charge in [-0.2, -0.15) is 11.8 Å². The molecule has 0 aromatic heterocycles. The summed E-state index contributed by atoms with van der Waals surface area (Å²) in [6.07, 6.45) is 1.29. The van der Waals surface area contributed by atoms with Crippen LogP contribution in [0.4, 0.5) is 0 Å². The molecule has 0 aliphatic carbocycles. The van der Waals surface area contributed by atoms with Gasteiger partial charge in [-0.25, -0.2) is 9.59 Å². The van der Waals surface area contributed by atoms with Gasteiger partial charge >= 0.3 is 11.9 Å². The Hall–Kier alpha value is -2.34. The van der Waals surface area contributed by atoms with E-state index in [1.54, 1.807) is 13.8 Å². The van der Waals surface area contributed by atoms with E-state index in [1.807, 2.05) is 27.7 Å². The molecule has 11 nitrogen and oxygen atoms in total. The van der Waals surface area contributed by atoms with Gasteiger partial charge in [0.1, 0.15) is 12.1 Å². The van der Waals surface area contributed by atoms with E-state index < -0.39 is 46.9 Å². The zero-order valence-corrected chi connectivity index (χ0v) is 27.2. The van der Waals surface area contributed by atoms with Gasteiger partial charge in [0.15, 0.2) is 0 Å². The summed E-state index contributed by atoms with van der Waals surface area (Å²) in [6, 6.07) is -2.41. The SMILES string of the molecule is CC(C)CSC[C@H](NC(=O)CC[C@H](NC(=O)C(C)(C)COC(C)(C)CCNC(=O)CCC(C)(C)C)C(=O)O)C(=O)O. The fourth-order valence-corrected chi connectivity index (χ4v) is 4.41. The predicted octanol–water partition coefficient (Wildman–Crippen LogP) is 3.45. The lowest BCUT2D eigenvalue weighted by atomic mass is 9.90. The lowest BCUT2D eigenvalue weighted by molar-refractivity contribution is -0.146. The van der Waals surface area contributed by atoms with E-state index in [-0.39, 0.29) is 36.5 Å². The first kappa shape index (κ1) is 38.7. The van der Waals surface area contributed by atoms with E-state index in [2.05, 4.69) is 36.7 Å². The van der Waals surface area contributed by atoms with Crippen molar-refractivity contribution in [3.05, 3.63) is 0 Å². The summed E-state index contributed by atoms with van der Waals surface area (Å²) in [5.41, 5.74) is -1.65. The Morgan fingerprint density at radius 2 is 1.37 bits per heavy atom. The third kappa shape index (κ3) is 18.7. The van der Waals surface area contributed by atoms with Crippen molar-refractivity contribution in [1.82, 2.24) is 16.0 Å². The van der Waals surface area contributed by atoms with Gasteiger partial charge in [0.25, 0.3) is 0 Å². The highest BCUT2D eigenvalue weighted by Crippen LogP contribution is 2.23. The molecule has 0 unspecified atom stereocenters. The maximum atomic E-state index is 12.9. The van der Waals surface area contributed by atoms with Gasteiger partial charge in [0.05, 0.1) is 17.6 Å². The fraction of sp³-hybridized carbons (Fsp3) is 0.828.